The van der Waals surface area contributed by atoms with Gasteiger partial charge in [-0.25, -0.2) is 0 Å². The van der Waals surface area contributed by atoms with Crippen LogP contribution in [-0.2, 0) is 0 Å². The number of hydrogen-bond acceptors (Lipinski definition) is 2. The van der Waals surface area contributed by atoms with E-state index in [-0.39, 0.29) is 6.04 Å². The summed E-state index contributed by atoms with van der Waals surface area (Å²) < 4.78 is 0. The maximum absolute atomic E-state index is 6.45. The molecule has 0 aliphatic heterocycles. The second kappa shape index (κ2) is 5.84. The number of fused-ring (bicyclic) bond motifs is 1. The van der Waals surface area contributed by atoms with Gasteiger partial charge in [-0.15, -0.1) is 0 Å². The number of rotatable bonds is 3. The minimum absolute atomic E-state index is 0.0594. The minimum atomic E-state index is 0.0594. The molecule has 1 unspecified atom stereocenters. The van der Waals surface area contributed by atoms with Crippen LogP contribution in [0.2, 0.25) is 5.02 Å². The van der Waals surface area contributed by atoms with Gasteiger partial charge in [0.05, 0.1) is 6.04 Å². The van der Waals surface area contributed by atoms with E-state index >= 15 is 0 Å². The lowest BCUT2D eigenvalue weighted by Gasteiger charge is -2.20. The number of benzene rings is 2. The third-order valence-corrected chi connectivity index (χ3v) is 4.11. The molecule has 0 saturated heterocycles. The largest absolute Gasteiger partial charge is 0.309 e. The molecular formula is C18H17ClN2. The lowest BCUT2D eigenvalue weighted by Crippen LogP contribution is -2.18. The lowest BCUT2D eigenvalue weighted by atomic mass is 9.94. The van der Waals surface area contributed by atoms with Crippen molar-refractivity contribution >= 4 is 22.4 Å². The molecule has 0 saturated carbocycles. The molecule has 0 fully saturated rings. The van der Waals surface area contributed by atoms with Crippen LogP contribution in [0.3, 0.4) is 0 Å². The van der Waals surface area contributed by atoms with Gasteiger partial charge >= 0.3 is 0 Å². The van der Waals surface area contributed by atoms with E-state index < -0.39 is 0 Å². The molecule has 0 amide bonds. The predicted molar refractivity (Wildman–Crippen MR) is 88.8 cm³/mol. The summed E-state index contributed by atoms with van der Waals surface area (Å²) in [6.45, 7) is 2.05. The van der Waals surface area contributed by atoms with Crippen molar-refractivity contribution in [1.29, 1.82) is 0 Å². The van der Waals surface area contributed by atoms with Gasteiger partial charge in [-0.05, 0) is 48.2 Å². The molecule has 0 bridgehead atoms. The first-order valence-electron chi connectivity index (χ1n) is 6.96. The number of nitrogens with zero attached hydrogens (tertiary/aromatic N) is 1. The van der Waals surface area contributed by atoms with E-state index in [4.69, 9.17) is 11.6 Å². The zero-order valence-electron chi connectivity index (χ0n) is 12.1. The first kappa shape index (κ1) is 14.1. The second-order valence-corrected chi connectivity index (χ2v) is 5.60. The van der Waals surface area contributed by atoms with Gasteiger partial charge in [0.15, 0.2) is 0 Å². The third kappa shape index (κ3) is 2.65. The van der Waals surface area contributed by atoms with Crippen LogP contribution < -0.4 is 5.32 Å². The molecule has 3 heteroatoms. The summed E-state index contributed by atoms with van der Waals surface area (Å²) in [6, 6.07) is 14.6. The molecule has 1 aromatic heterocycles. The SMILES string of the molecule is CNC(c1ccc(C)cc1Cl)c1cccc2cnccc12. The standard InChI is InChI=1S/C18H17ClN2/c1-12-6-7-16(17(19)10-12)18(20-2)15-5-3-4-13-11-21-9-8-14(13)15/h3-11,18,20H,1-2H3. The third-order valence-electron chi connectivity index (χ3n) is 3.78. The van der Waals surface area contributed by atoms with E-state index in [2.05, 4.69) is 46.7 Å². The number of nitrogens with one attached hydrogen (secondary N) is 1. The van der Waals surface area contributed by atoms with E-state index in [1.807, 2.05) is 32.4 Å². The van der Waals surface area contributed by atoms with Gasteiger partial charge in [-0.2, -0.15) is 0 Å². The Bertz CT molecular complexity index is 778. The number of pyridine rings is 1. The van der Waals surface area contributed by atoms with Gasteiger partial charge < -0.3 is 5.32 Å². The van der Waals surface area contributed by atoms with Crippen molar-refractivity contribution in [2.75, 3.05) is 7.05 Å². The Kier molecular flexibility index (Phi) is 3.91. The van der Waals surface area contributed by atoms with Gasteiger partial charge in [-0.1, -0.05) is 41.9 Å². The summed E-state index contributed by atoms with van der Waals surface area (Å²) in [5.74, 6) is 0. The Balaban J connectivity index is 2.18. The van der Waals surface area contributed by atoms with Gasteiger partial charge in [-0.3, -0.25) is 4.98 Å². The molecule has 0 radical (unpaired) electrons. The molecule has 1 N–H and O–H groups in total. The van der Waals surface area contributed by atoms with Gasteiger partial charge in [0.25, 0.3) is 0 Å². The Morgan fingerprint density at radius 2 is 1.95 bits per heavy atom. The second-order valence-electron chi connectivity index (χ2n) is 5.19. The molecule has 3 aromatic rings. The molecule has 3 rings (SSSR count). The fraction of sp³-hybridized carbons (Fsp3) is 0.167. The Morgan fingerprint density at radius 1 is 1.10 bits per heavy atom. The predicted octanol–water partition coefficient (Wildman–Crippen LogP) is 4.51. The maximum Gasteiger partial charge on any atom is 0.0595 e. The summed E-state index contributed by atoms with van der Waals surface area (Å²) in [7, 11) is 1.96. The highest BCUT2D eigenvalue weighted by Crippen LogP contribution is 2.32. The highest BCUT2D eigenvalue weighted by molar-refractivity contribution is 6.31. The zero-order valence-corrected chi connectivity index (χ0v) is 12.9. The Hall–Kier alpha value is -1.90. The topological polar surface area (TPSA) is 24.9 Å². The molecule has 106 valence electrons. The fourth-order valence-electron chi connectivity index (χ4n) is 2.74. The number of aryl methyl sites for hydroxylation is 1. The summed E-state index contributed by atoms with van der Waals surface area (Å²) in [5, 5.41) is 6.51. The first-order chi connectivity index (χ1) is 10.2. The van der Waals surface area contributed by atoms with Crippen LogP contribution in [-0.4, -0.2) is 12.0 Å². The van der Waals surface area contributed by atoms with Crippen molar-refractivity contribution in [1.82, 2.24) is 10.3 Å². The van der Waals surface area contributed by atoms with Crippen molar-refractivity contribution < 1.29 is 0 Å². The molecule has 0 spiro atoms. The Labute approximate surface area is 129 Å². The average molecular weight is 297 g/mol. The Morgan fingerprint density at radius 3 is 2.71 bits per heavy atom. The molecule has 1 heterocycles. The quantitative estimate of drug-likeness (QED) is 0.769. The smallest absolute Gasteiger partial charge is 0.0595 e. The van der Waals surface area contributed by atoms with Crippen molar-refractivity contribution in [2.45, 2.75) is 13.0 Å². The first-order valence-corrected chi connectivity index (χ1v) is 7.34. The molecule has 2 aromatic carbocycles. The van der Waals surface area contributed by atoms with Crippen LogP contribution in [0, 0.1) is 6.92 Å². The van der Waals surface area contributed by atoms with Crippen molar-refractivity contribution in [3.63, 3.8) is 0 Å². The van der Waals surface area contributed by atoms with Gasteiger partial charge in [0.1, 0.15) is 0 Å². The van der Waals surface area contributed by atoms with Gasteiger partial charge in [0.2, 0.25) is 0 Å². The average Bonchev–Trinajstić information content (AvgIpc) is 2.50. The lowest BCUT2D eigenvalue weighted by molar-refractivity contribution is 0.697. The highest BCUT2D eigenvalue weighted by Gasteiger charge is 2.17. The number of aromatic nitrogens is 1. The van der Waals surface area contributed by atoms with Crippen molar-refractivity contribution in [3.05, 3.63) is 76.6 Å². The van der Waals surface area contributed by atoms with E-state index in [9.17, 15) is 0 Å². The van der Waals surface area contributed by atoms with Crippen LogP contribution in [0.4, 0.5) is 0 Å². The van der Waals surface area contributed by atoms with E-state index in [0.717, 1.165) is 16.0 Å². The maximum atomic E-state index is 6.45. The van der Waals surface area contributed by atoms with Crippen LogP contribution >= 0.6 is 11.6 Å². The molecule has 0 aliphatic rings. The zero-order chi connectivity index (χ0) is 14.8. The number of halogens is 1. The highest BCUT2D eigenvalue weighted by atomic mass is 35.5. The fourth-order valence-corrected chi connectivity index (χ4v) is 3.09. The van der Waals surface area contributed by atoms with Crippen LogP contribution in [0.5, 0.6) is 0 Å². The molecule has 0 aliphatic carbocycles. The minimum Gasteiger partial charge on any atom is -0.309 e. The monoisotopic (exact) mass is 296 g/mol. The van der Waals surface area contributed by atoms with Gasteiger partial charge in [0, 0.05) is 22.8 Å². The summed E-state index contributed by atoms with van der Waals surface area (Å²) in [6.07, 6.45) is 3.72. The van der Waals surface area contributed by atoms with E-state index in [1.54, 1.807) is 0 Å². The van der Waals surface area contributed by atoms with Crippen LogP contribution in [0.15, 0.2) is 54.9 Å². The molecule has 2 nitrogen and oxygen atoms in total. The van der Waals surface area contributed by atoms with Crippen molar-refractivity contribution in [2.24, 2.45) is 0 Å². The molecule has 1 atom stereocenters. The summed E-state index contributed by atoms with van der Waals surface area (Å²) in [4.78, 5) is 4.19. The van der Waals surface area contributed by atoms with E-state index in [1.165, 1.54) is 16.5 Å². The molecule has 21 heavy (non-hydrogen) atoms. The summed E-state index contributed by atoms with van der Waals surface area (Å²) in [5.41, 5.74) is 3.47. The van der Waals surface area contributed by atoms with Crippen molar-refractivity contribution in [3.8, 4) is 0 Å². The van der Waals surface area contributed by atoms with Crippen LogP contribution in [0.25, 0.3) is 10.8 Å². The normalized spacial score (nSPS) is 12.5. The van der Waals surface area contributed by atoms with Crippen LogP contribution in [0.1, 0.15) is 22.7 Å². The van der Waals surface area contributed by atoms with E-state index in [0.29, 0.717) is 0 Å². The summed E-state index contributed by atoms with van der Waals surface area (Å²) >= 11 is 6.45. The molecular weight excluding hydrogens is 280 g/mol. The number of hydrogen-bond donors (Lipinski definition) is 1.